The number of nitrogens with zero attached hydrogens (tertiary/aromatic N) is 2. The zero-order valence-corrected chi connectivity index (χ0v) is 20.0. The van der Waals surface area contributed by atoms with Gasteiger partial charge < -0.3 is 15.8 Å². The third-order valence-electron chi connectivity index (χ3n) is 6.79. The summed E-state index contributed by atoms with van der Waals surface area (Å²) in [6, 6.07) is 7.82. The Bertz CT molecular complexity index is 1140. The summed E-state index contributed by atoms with van der Waals surface area (Å²) in [5.74, 6) is 0.925. The van der Waals surface area contributed by atoms with Crippen LogP contribution in [0.2, 0.25) is 5.02 Å². The van der Waals surface area contributed by atoms with Crippen LogP contribution in [0.1, 0.15) is 38.7 Å². The van der Waals surface area contributed by atoms with Gasteiger partial charge in [-0.25, -0.2) is 9.38 Å². The molecule has 1 spiro atoms. The highest BCUT2D eigenvalue weighted by molar-refractivity contribution is 8.14. The highest BCUT2D eigenvalue weighted by Crippen LogP contribution is 2.54. The average Bonchev–Trinajstić information content (AvgIpc) is 3.16. The van der Waals surface area contributed by atoms with Gasteiger partial charge in [-0.05, 0) is 56.9 Å². The Kier molecular flexibility index (Phi) is 5.56. The van der Waals surface area contributed by atoms with Crippen LogP contribution in [0.3, 0.4) is 0 Å². The molecule has 3 aliphatic rings. The highest BCUT2D eigenvalue weighted by Gasteiger charge is 2.55. The second-order valence-electron chi connectivity index (χ2n) is 9.48. The van der Waals surface area contributed by atoms with Gasteiger partial charge >= 0.3 is 0 Å². The molecule has 33 heavy (non-hydrogen) atoms. The Morgan fingerprint density at radius 2 is 2.12 bits per heavy atom. The molecule has 1 saturated carbocycles. The first-order valence-corrected chi connectivity index (χ1v) is 12.4. The van der Waals surface area contributed by atoms with Gasteiger partial charge in [0.25, 0.3) is 5.91 Å². The summed E-state index contributed by atoms with van der Waals surface area (Å²) >= 11 is 7.71. The number of hydrogen-bond acceptors (Lipinski definition) is 6. The van der Waals surface area contributed by atoms with Crippen LogP contribution in [0.5, 0.6) is 5.75 Å². The molecular weight excluding hydrogens is 463 g/mol. The number of alkyl halides is 1. The van der Waals surface area contributed by atoms with E-state index in [9.17, 15) is 9.18 Å². The molecule has 2 aromatic rings. The molecule has 1 aliphatic carbocycles. The molecule has 5 rings (SSSR count). The topological polar surface area (TPSA) is 89.6 Å². The van der Waals surface area contributed by atoms with Crippen molar-refractivity contribution in [2.75, 3.05) is 5.75 Å². The lowest BCUT2D eigenvalue weighted by Gasteiger charge is -2.49. The van der Waals surface area contributed by atoms with E-state index in [-0.39, 0.29) is 18.1 Å². The molecule has 1 amide bonds. The minimum absolute atomic E-state index is 0.00746. The number of ether oxygens (including phenoxy) is 1. The summed E-state index contributed by atoms with van der Waals surface area (Å²) in [5.41, 5.74) is 6.55. The number of hydrogen-bond donors (Lipinski definition) is 2. The number of amidine groups is 1. The van der Waals surface area contributed by atoms with Crippen molar-refractivity contribution in [1.82, 2.24) is 10.3 Å². The van der Waals surface area contributed by atoms with Crippen LogP contribution in [0.15, 0.2) is 41.7 Å². The summed E-state index contributed by atoms with van der Waals surface area (Å²) in [6.45, 7) is 2.56. The Morgan fingerprint density at radius 3 is 2.82 bits per heavy atom. The maximum atomic E-state index is 14.2. The maximum Gasteiger partial charge on any atom is 0.257 e. The highest BCUT2D eigenvalue weighted by atomic mass is 35.5. The fourth-order valence-corrected chi connectivity index (χ4v) is 6.33. The van der Waals surface area contributed by atoms with Gasteiger partial charge in [0.15, 0.2) is 10.8 Å². The summed E-state index contributed by atoms with van der Waals surface area (Å²) in [5, 5.41) is 4.01. The molecule has 0 saturated heterocycles. The van der Waals surface area contributed by atoms with Gasteiger partial charge in [0, 0.05) is 41.2 Å². The lowest BCUT2D eigenvalue weighted by Crippen LogP contribution is -2.55. The molecule has 1 unspecified atom stereocenters. The molecule has 6 nitrogen and oxygen atoms in total. The van der Waals surface area contributed by atoms with Crippen molar-refractivity contribution in [2.45, 2.75) is 56.5 Å². The molecule has 2 aliphatic heterocycles. The standard InChI is InChI=1S/C24H26ClFN4O2S/c1-23(2,26)21(31)29-16-4-6-20-18(9-16)24(12-33-22(27)30-24)17-8-13(3-5-19(17)32-20)14-7-15(25)11-28-10-14/h3,5,7-8,10-11,16,18,20H,4,6,9,12H2,1-2H3,(H2,27,30)(H,29,31)/t16-,18+,20+,24?/m1/s1. The second-order valence-corrected chi connectivity index (χ2v) is 10.9. The van der Waals surface area contributed by atoms with Crippen molar-refractivity contribution >= 4 is 34.4 Å². The van der Waals surface area contributed by atoms with Crippen molar-refractivity contribution in [1.29, 1.82) is 0 Å². The van der Waals surface area contributed by atoms with Crippen LogP contribution in [-0.2, 0) is 10.3 Å². The van der Waals surface area contributed by atoms with E-state index in [1.165, 1.54) is 25.6 Å². The zero-order chi connectivity index (χ0) is 23.4. The molecule has 1 fully saturated rings. The lowest BCUT2D eigenvalue weighted by atomic mass is 9.67. The van der Waals surface area contributed by atoms with Gasteiger partial charge in [0.2, 0.25) is 0 Å². The molecule has 4 atom stereocenters. The van der Waals surface area contributed by atoms with E-state index in [4.69, 9.17) is 27.1 Å². The number of thioether (sulfide) groups is 1. The maximum absolute atomic E-state index is 14.2. The van der Waals surface area contributed by atoms with Crippen LogP contribution in [0.4, 0.5) is 4.39 Å². The minimum atomic E-state index is -1.92. The second kappa shape index (κ2) is 8.17. The van der Waals surface area contributed by atoms with Gasteiger partial charge in [0.05, 0.1) is 5.02 Å². The van der Waals surface area contributed by atoms with Crippen molar-refractivity contribution in [3.63, 3.8) is 0 Å². The number of aliphatic imine (C=N–C) groups is 1. The molecule has 0 radical (unpaired) electrons. The average molecular weight is 489 g/mol. The third-order valence-corrected chi connectivity index (χ3v) is 7.97. The summed E-state index contributed by atoms with van der Waals surface area (Å²) in [7, 11) is 0. The van der Waals surface area contributed by atoms with Crippen LogP contribution in [0.25, 0.3) is 11.1 Å². The monoisotopic (exact) mass is 488 g/mol. The number of amides is 1. The predicted octanol–water partition coefficient (Wildman–Crippen LogP) is 4.45. The van der Waals surface area contributed by atoms with E-state index >= 15 is 0 Å². The molecule has 3 N–H and O–H groups in total. The minimum Gasteiger partial charge on any atom is -0.490 e. The summed E-state index contributed by atoms with van der Waals surface area (Å²) in [6.07, 6.45) is 5.46. The number of nitrogens with two attached hydrogens (primary N) is 1. The number of fused-ring (bicyclic) bond motifs is 4. The molecule has 3 heterocycles. The van der Waals surface area contributed by atoms with Gasteiger partial charge in [-0.15, -0.1) is 0 Å². The quantitative estimate of drug-likeness (QED) is 0.666. The number of rotatable bonds is 3. The fraction of sp³-hybridized carbons (Fsp3) is 0.458. The van der Waals surface area contributed by atoms with E-state index < -0.39 is 17.1 Å². The number of benzene rings is 1. The van der Waals surface area contributed by atoms with Crippen LogP contribution in [-0.4, -0.2) is 39.6 Å². The number of nitrogens with one attached hydrogen (secondary N) is 1. The van der Waals surface area contributed by atoms with Gasteiger partial charge in [-0.1, -0.05) is 29.4 Å². The van der Waals surface area contributed by atoms with E-state index in [2.05, 4.69) is 16.4 Å². The van der Waals surface area contributed by atoms with Crippen molar-refractivity contribution in [3.8, 4) is 16.9 Å². The van der Waals surface area contributed by atoms with Crippen LogP contribution in [0, 0.1) is 5.92 Å². The first-order chi connectivity index (χ1) is 15.7. The molecule has 0 bridgehead atoms. The third kappa shape index (κ3) is 4.08. The SMILES string of the molecule is CC(C)(F)C(=O)N[C@@H]1CC[C@@H]2Oc3ccc(-c4cncc(Cl)c4)cc3C3(CSC(N)=N3)[C@H]2C1. The first kappa shape index (κ1) is 22.5. The molecule has 1 aromatic heterocycles. The summed E-state index contributed by atoms with van der Waals surface area (Å²) in [4.78, 5) is 21.5. The molecule has 1 aromatic carbocycles. The van der Waals surface area contributed by atoms with Gasteiger partial charge in [-0.3, -0.25) is 9.78 Å². The van der Waals surface area contributed by atoms with Crippen molar-refractivity contribution in [2.24, 2.45) is 16.6 Å². The Morgan fingerprint density at radius 1 is 1.30 bits per heavy atom. The zero-order valence-electron chi connectivity index (χ0n) is 18.5. The number of aromatic nitrogens is 1. The van der Waals surface area contributed by atoms with E-state index in [1.54, 1.807) is 12.4 Å². The van der Waals surface area contributed by atoms with Gasteiger partial charge in [0.1, 0.15) is 17.4 Å². The molecular formula is C24H26ClFN4O2S. The van der Waals surface area contributed by atoms with Gasteiger partial charge in [-0.2, -0.15) is 0 Å². The Balaban J connectivity index is 1.53. The van der Waals surface area contributed by atoms with Crippen LogP contribution >= 0.6 is 23.4 Å². The number of carbonyl (C=O) groups is 1. The smallest absolute Gasteiger partial charge is 0.257 e. The normalized spacial score (nSPS) is 28.5. The van der Waals surface area contributed by atoms with Crippen molar-refractivity contribution < 1.29 is 13.9 Å². The first-order valence-electron chi connectivity index (χ1n) is 11.1. The van der Waals surface area contributed by atoms with E-state index in [0.717, 1.165) is 35.3 Å². The van der Waals surface area contributed by atoms with Crippen molar-refractivity contribution in [3.05, 3.63) is 47.2 Å². The van der Waals surface area contributed by atoms with E-state index in [0.29, 0.717) is 22.4 Å². The summed E-state index contributed by atoms with van der Waals surface area (Å²) < 4.78 is 20.6. The Labute approximate surface area is 201 Å². The fourth-order valence-electron chi connectivity index (χ4n) is 5.13. The predicted molar refractivity (Wildman–Crippen MR) is 129 cm³/mol. The number of carbonyl (C=O) groups excluding carboxylic acids is 1. The van der Waals surface area contributed by atoms with E-state index in [1.807, 2.05) is 18.2 Å². The molecule has 9 heteroatoms. The Hall–Kier alpha value is -2.32. The lowest BCUT2D eigenvalue weighted by molar-refractivity contribution is -0.132. The number of pyridine rings is 1. The largest absolute Gasteiger partial charge is 0.490 e. The molecule has 174 valence electrons. The van der Waals surface area contributed by atoms with Crippen LogP contribution < -0.4 is 15.8 Å². The number of halogens is 2.